The van der Waals surface area contributed by atoms with Gasteiger partial charge in [-0.2, -0.15) is 4.39 Å². The number of hydrogen-bond acceptors (Lipinski definition) is 7. The highest BCUT2D eigenvalue weighted by atomic mass is 19.1. The first kappa shape index (κ1) is 24.7. The minimum absolute atomic E-state index is 0.203. The number of allylic oxidation sites excluding steroid dienone is 1. The van der Waals surface area contributed by atoms with Crippen LogP contribution in [0.4, 0.5) is 4.39 Å². The minimum Gasteiger partial charge on any atom is -0.454 e. The monoisotopic (exact) mass is 496 g/mol. The summed E-state index contributed by atoms with van der Waals surface area (Å²) in [5.41, 5.74) is 10.5. The SMILES string of the molecule is CCC1=C(F)N=C2C(=C(N)C1)NC(Cc1cc3c(cc1C)OCO3)N2CCC(=O)CC(CC)C1CC1. The van der Waals surface area contributed by atoms with E-state index < -0.39 is 5.95 Å². The second kappa shape index (κ2) is 10.1. The van der Waals surface area contributed by atoms with E-state index in [1.807, 2.05) is 30.9 Å². The standard InChI is InChI=1S/C28H37FN4O3/c1-4-17(19-6-7-19)11-21(34)8-9-33-25(14-20-13-24-23(10-16(20)3)35-15-36-24)31-26-22(30)12-18(5-2)27(29)32-28(26)33/h10,13,17,19,25,31H,4-9,11-12,14-15,30H2,1-3H3. The molecule has 3 aliphatic heterocycles. The molecule has 8 heteroatoms. The lowest BCUT2D eigenvalue weighted by Crippen LogP contribution is -2.40. The van der Waals surface area contributed by atoms with Crippen molar-refractivity contribution in [3.63, 3.8) is 0 Å². The molecule has 0 bridgehead atoms. The third kappa shape index (κ3) is 4.95. The highest BCUT2D eigenvalue weighted by molar-refractivity contribution is 6.01. The summed E-state index contributed by atoms with van der Waals surface area (Å²) >= 11 is 0. The van der Waals surface area contributed by atoms with Crippen molar-refractivity contribution in [3.8, 4) is 11.5 Å². The summed E-state index contributed by atoms with van der Waals surface area (Å²) in [7, 11) is 0. The number of Topliss-reactive ketones (excluding diaryl/α,β-unsaturated/α-hetero) is 1. The topological polar surface area (TPSA) is 89.2 Å². The van der Waals surface area contributed by atoms with Gasteiger partial charge in [0.25, 0.3) is 0 Å². The Labute approximate surface area is 212 Å². The minimum atomic E-state index is -0.469. The molecule has 2 fully saturated rings. The Hall–Kier alpha value is -3.03. The first-order valence-corrected chi connectivity index (χ1v) is 13.3. The Morgan fingerprint density at radius 1 is 1.28 bits per heavy atom. The average molecular weight is 497 g/mol. The fraction of sp³-hybridized carbons (Fsp3) is 0.571. The van der Waals surface area contributed by atoms with Gasteiger partial charge in [0.1, 0.15) is 11.9 Å². The van der Waals surface area contributed by atoms with Crippen LogP contribution in [-0.4, -0.2) is 36.0 Å². The Bertz CT molecular complexity index is 1140. The number of nitrogens with one attached hydrogen (secondary N) is 1. The second-order valence-electron chi connectivity index (χ2n) is 10.4. The van der Waals surface area contributed by atoms with Gasteiger partial charge in [0.15, 0.2) is 17.3 Å². The van der Waals surface area contributed by atoms with E-state index in [9.17, 15) is 4.79 Å². The van der Waals surface area contributed by atoms with E-state index in [-0.39, 0.29) is 18.7 Å². The van der Waals surface area contributed by atoms with E-state index in [1.165, 1.54) is 12.8 Å². The smallest absolute Gasteiger partial charge is 0.231 e. The van der Waals surface area contributed by atoms with Crippen LogP contribution >= 0.6 is 0 Å². The molecule has 0 spiro atoms. The Balaban J connectivity index is 1.40. The van der Waals surface area contributed by atoms with Crippen molar-refractivity contribution < 1.29 is 18.7 Å². The maximum absolute atomic E-state index is 15.0. The summed E-state index contributed by atoms with van der Waals surface area (Å²) in [6.45, 7) is 6.81. The number of aryl methyl sites for hydroxylation is 1. The molecule has 3 heterocycles. The fourth-order valence-corrected chi connectivity index (χ4v) is 5.58. The Morgan fingerprint density at radius 3 is 2.72 bits per heavy atom. The van der Waals surface area contributed by atoms with E-state index in [0.717, 1.165) is 29.0 Å². The third-order valence-electron chi connectivity index (χ3n) is 8.01. The van der Waals surface area contributed by atoms with Gasteiger partial charge in [-0.05, 0) is 66.9 Å². The lowest BCUT2D eigenvalue weighted by molar-refractivity contribution is -0.120. The fourth-order valence-electron chi connectivity index (χ4n) is 5.58. The number of hydrogen-bond donors (Lipinski definition) is 2. The normalized spacial score (nSPS) is 21.8. The molecule has 1 saturated carbocycles. The summed E-state index contributed by atoms with van der Waals surface area (Å²) in [5, 5.41) is 3.52. The number of rotatable bonds is 10. The molecule has 2 atom stereocenters. The second-order valence-corrected chi connectivity index (χ2v) is 10.4. The van der Waals surface area contributed by atoms with E-state index in [1.54, 1.807) is 0 Å². The summed E-state index contributed by atoms with van der Waals surface area (Å²) in [5.74, 6) is 2.96. The van der Waals surface area contributed by atoms with Gasteiger partial charge in [-0.25, -0.2) is 4.99 Å². The number of aliphatic imine (C=N–C) groups is 1. The molecule has 0 aromatic heterocycles. The maximum atomic E-state index is 15.0. The molecule has 7 nitrogen and oxygen atoms in total. The van der Waals surface area contributed by atoms with Gasteiger partial charge in [-0.15, -0.1) is 0 Å². The van der Waals surface area contributed by atoms with Crippen molar-refractivity contribution >= 4 is 11.6 Å². The summed E-state index contributed by atoms with van der Waals surface area (Å²) in [6, 6.07) is 4.00. The molecule has 1 aliphatic carbocycles. The number of ether oxygens (including phenoxy) is 2. The summed E-state index contributed by atoms with van der Waals surface area (Å²) < 4.78 is 26.1. The van der Waals surface area contributed by atoms with Crippen LogP contribution < -0.4 is 20.5 Å². The quantitative estimate of drug-likeness (QED) is 0.451. The van der Waals surface area contributed by atoms with E-state index in [2.05, 4.69) is 17.2 Å². The lowest BCUT2D eigenvalue weighted by Gasteiger charge is -2.26. The van der Waals surface area contributed by atoms with Crippen LogP contribution in [0.2, 0.25) is 0 Å². The first-order valence-electron chi connectivity index (χ1n) is 13.3. The molecule has 3 N–H and O–H groups in total. The van der Waals surface area contributed by atoms with Crippen LogP contribution in [0.5, 0.6) is 11.5 Å². The lowest BCUT2D eigenvalue weighted by atomic mass is 9.93. The zero-order valence-corrected chi connectivity index (χ0v) is 21.5. The van der Waals surface area contributed by atoms with E-state index in [0.29, 0.717) is 73.3 Å². The number of carbonyl (C=O) groups is 1. The van der Waals surface area contributed by atoms with Crippen molar-refractivity contribution in [1.82, 2.24) is 10.2 Å². The molecular weight excluding hydrogens is 459 g/mol. The first-order chi connectivity index (χ1) is 17.4. The summed E-state index contributed by atoms with van der Waals surface area (Å²) in [4.78, 5) is 19.4. The average Bonchev–Trinajstić information content (AvgIpc) is 3.54. The van der Waals surface area contributed by atoms with Gasteiger partial charge in [-0.3, -0.25) is 4.79 Å². The van der Waals surface area contributed by atoms with Crippen LogP contribution in [0.1, 0.15) is 69.9 Å². The predicted octanol–water partition coefficient (Wildman–Crippen LogP) is 4.85. The van der Waals surface area contributed by atoms with Crippen LogP contribution in [0.3, 0.4) is 0 Å². The highest BCUT2D eigenvalue weighted by Crippen LogP contribution is 2.40. The van der Waals surface area contributed by atoms with Crippen molar-refractivity contribution in [2.45, 2.75) is 78.3 Å². The molecule has 1 saturated heterocycles. The van der Waals surface area contributed by atoms with Gasteiger partial charge in [0.05, 0.1) is 5.70 Å². The number of carbonyl (C=O) groups excluding carboxylic acids is 1. The van der Waals surface area contributed by atoms with Gasteiger partial charge in [0, 0.05) is 37.9 Å². The predicted molar refractivity (Wildman–Crippen MR) is 137 cm³/mol. The molecule has 0 amide bonds. The largest absolute Gasteiger partial charge is 0.454 e. The van der Waals surface area contributed by atoms with Crippen LogP contribution in [0.15, 0.2) is 40.0 Å². The zero-order valence-electron chi connectivity index (χ0n) is 21.5. The van der Waals surface area contributed by atoms with Crippen LogP contribution in [-0.2, 0) is 11.2 Å². The number of benzene rings is 1. The van der Waals surface area contributed by atoms with Crippen molar-refractivity contribution in [2.24, 2.45) is 22.6 Å². The number of amidine groups is 1. The molecule has 36 heavy (non-hydrogen) atoms. The Kier molecular flexibility index (Phi) is 6.95. The van der Waals surface area contributed by atoms with E-state index >= 15 is 4.39 Å². The van der Waals surface area contributed by atoms with Crippen LogP contribution in [0, 0.1) is 18.8 Å². The molecule has 194 valence electrons. The molecule has 0 radical (unpaired) electrons. The van der Waals surface area contributed by atoms with Crippen molar-refractivity contribution in [2.75, 3.05) is 13.3 Å². The molecule has 4 aliphatic rings. The summed E-state index contributed by atoms with van der Waals surface area (Å²) in [6.07, 6.45) is 5.87. The number of nitrogens with zero attached hydrogens (tertiary/aromatic N) is 2. The van der Waals surface area contributed by atoms with Crippen LogP contribution in [0.25, 0.3) is 0 Å². The number of ketones is 1. The van der Waals surface area contributed by atoms with Gasteiger partial charge in [-0.1, -0.05) is 20.3 Å². The molecule has 1 aromatic carbocycles. The van der Waals surface area contributed by atoms with E-state index in [4.69, 9.17) is 15.2 Å². The highest BCUT2D eigenvalue weighted by Gasteiger charge is 2.37. The zero-order chi connectivity index (χ0) is 25.4. The van der Waals surface area contributed by atoms with Crippen molar-refractivity contribution in [1.29, 1.82) is 0 Å². The number of halogens is 1. The van der Waals surface area contributed by atoms with Gasteiger partial charge >= 0.3 is 0 Å². The number of nitrogens with two attached hydrogens (primary N) is 1. The third-order valence-corrected chi connectivity index (χ3v) is 8.01. The molecule has 1 aromatic rings. The molecule has 2 unspecified atom stereocenters. The van der Waals surface area contributed by atoms with Crippen molar-refractivity contribution in [3.05, 3.63) is 46.2 Å². The molecule has 5 rings (SSSR count). The Morgan fingerprint density at radius 2 is 2.03 bits per heavy atom. The van der Waals surface area contributed by atoms with Gasteiger partial charge in [0.2, 0.25) is 12.7 Å². The number of fused-ring (bicyclic) bond motifs is 2. The van der Waals surface area contributed by atoms with Gasteiger partial charge < -0.3 is 25.4 Å². The maximum Gasteiger partial charge on any atom is 0.231 e. The molecular formula is C28H37FN4O3.